The van der Waals surface area contributed by atoms with Crippen LogP contribution in [0.1, 0.15) is 27.1 Å². The number of carbonyl (C=O) groups excluding carboxylic acids is 2. The Morgan fingerprint density at radius 2 is 1.97 bits per heavy atom. The highest BCUT2D eigenvalue weighted by Crippen LogP contribution is 2.26. The van der Waals surface area contributed by atoms with Crippen molar-refractivity contribution in [2.45, 2.75) is 18.3 Å². The third kappa shape index (κ3) is 5.11. The minimum absolute atomic E-state index is 0.00754. The van der Waals surface area contributed by atoms with Gasteiger partial charge in [0, 0.05) is 23.6 Å². The summed E-state index contributed by atoms with van der Waals surface area (Å²) in [5.74, 6) is -2.88. The van der Waals surface area contributed by atoms with Gasteiger partial charge in [-0.1, -0.05) is 18.2 Å². The number of hydrogen-bond acceptors (Lipinski definition) is 6. The second-order valence-electron chi connectivity index (χ2n) is 7.78. The van der Waals surface area contributed by atoms with E-state index in [0.717, 1.165) is 4.31 Å². The molecule has 4 N–H and O–H groups in total. The first-order valence-electron chi connectivity index (χ1n) is 10.3. The van der Waals surface area contributed by atoms with E-state index in [9.17, 15) is 27.9 Å². The van der Waals surface area contributed by atoms with E-state index in [2.05, 4.69) is 26.2 Å². The molecule has 0 aliphatic carbocycles. The van der Waals surface area contributed by atoms with Crippen LogP contribution in [0, 0.1) is 0 Å². The predicted molar refractivity (Wildman–Crippen MR) is 131 cm³/mol. The first-order chi connectivity index (χ1) is 16.6. The fourth-order valence-corrected chi connectivity index (χ4v) is 5.80. The van der Waals surface area contributed by atoms with Crippen LogP contribution in [0.15, 0.2) is 59.4 Å². The summed E-state index contributed by atoms with van der Waals surface area (Å²) in [6.45, 7) is -0.0165. The average molecular weight is 562 g/mol. The van der Waals surface area contributed by atoms with Crippen molar-refractivity contribution in [1.29, 1.82) is 0 Å². The Morgan fingerprint density at radius 3 is 2.66 bits per heavy atom. The van der Waals surface area contributed by atoms with E-state index in [1.807, 2.05) is 0 Å². The van der Waals surface area contributed by atoms with E-state index in [-0.39, 0.29) is 35.3 Å². The molecule has 0 fully saturated rings. The van der Waals surface area contributed by atoms with Gasteiger partial charge in [-0.15, -0.1) is 0 Å². The number of nitrogens with zero attached hydrogens (tertiary/aromatic N) is 3. The lowest BCUT2D eigenvalue weighted by molar-refractivity contribution is -0.119. The van der Waals surface area contributed by atoms with Crippen molar-refractivity contribution < 1.29 is 27.9 Å². The molecule has 0 radical (unpaired) electrons. The van der Waals surface area contributed by atoms with Crippen molar-refractivity contribution in [3.8, 4) is 0 Å². The third-order valence-electron chi connectivity index (χ3n) is 5.48. The molecule has 1 atom stereocenters. The zero-order valence-corrected chi connectivity index (χ0v) is 20.5. The Kier molecular flexibility index (Phi) is 6.74. The van der Waals surface area contributed by atoms with Crippen molar-refractivity contribution >= 4 is 60.5 Å². The molecular formula is C22H20BrN5O6S. The van der Waals surface area contributed by atoms with Gasteiger partial charge in [0.25, 0.3) is 5.91 Å². The molecule has 0 unspecified atom stereocenters. The molecule has 1 aliphatic rings. The SMILES string of the molecule is NC(=O)c1cn(CS(=O)(=O)N2CC=CC[C@H]2C(=O)Nc2cccc(Br)n2)c2ccc(C(=O)O)cc12. The number of anilines is 1. The topological polar surface area (TPSA) is 165 Å². The predicted octanol–water partition coefficient (Wildman–Crippen LogP) is 2.15. The van der Waals surface area contributed by atoms with E-state index in [4.69, 9.17) is 5.73 Å². The highest BCUT2D eigenvalue weighted by atomic mass is 79.9. The van der Waals surface area contributed by atoms with Crippen LogP contribution in [-0.2, 0) is 20.7 Å². The number of aromatic carboxylic acids is 1. The van der Waals surface area contributed by atoms with Crippen LogP contribution in [0.5, 0.6) is 0 Å². The van der Waals surface area contributed by atoms with Gasteiger partial charge >= 0.3 is 5.97 Å². The van der Waals surface area contributed by atoms with Gasteiger partial charge in [0.05, 0.1) is 11.1 Å². The number of carbonyl (C=O) groups is 3. The second kappa shape index (κ2) is 9.60. The molecule has 1 aromatic carbocycles. The molecule has 0 saturated heterocycles. The summed E-state index contributed by atoms with van der Waals surface area (Å²) in [4.78, 5) is 40.4. The van der Waals surface area contributed by atoms with Gasteiger partial charge in [-0.2, -0.15) is 4.31 Å². The van der Waals surface area contributed by atoms with Gasteiger partial charge in [0.1, 0.15) is 22.3 Å². The van der Waals surface area contributed by atoms with Gasteiger partial charge in [-0.3, -0.25) is 9.59 Å². The Morgan fingerprint density at radius 1 is 1.20 bits per heavy atom. The van der Waals surface area contributed by atoms with Gasteiger partial charge in [0.15, 0.2) is 0 Å². The number of pyridine rings is 1. The van der Waals surface area contributed by atoms with Crippen LogP contribution in [0.4, 0.5) is 5.82 Å². The number of carboxylic acids is 1. The summed E-state index contributed by atoms with van der Waals surface area (Å²) in [5, 5.41) is 12.1. The zero-order valence-electron chi connectivity index (χ0n) is 18.1. The van der Waals surface area contributed by atoms with E-state index in [0.29, 0.717) is 10.1 Å². The molecule has 0 spiro atoms. The molecule has 35 heavy (non-hydrogen) atoms. The lowest BCUT2D eigenvalue weighted by Gasteiger charge is -2.31. The molecule has 2 aromatic heterocycles. The number of nitrogens with one attached hydrogen (secondary N) is 1. The first-order valence-corrected chi connectivity index (χ1v) is 12.7. The number of rotatable bonds is 7. The minimum Gasteiger partial charge on any atom is -0.478 e. The Labute approximate surface area is 208 Å². The summed E-state index contributed by atoms with van der Waals surface area (Å²) in [6.07, 6.45) is 4.82. The highest BCUT2D eigenvalue weighted by Gasteiger charge is 2.36. The largest absolute Gasteiger partial charge is 0.478 e. The fourth-order valence-electron chi connectivity index (χ4n) is 3.86. The number of fused-ring (bicyclic) bond motifs is 1. The van der Waals surface area contributed by atoms with Crippen LogP contribution >= 0.6 is 15.9 Å². The molecule has 182 valence electrons. The Balaban J connectivity index is 1.65. The average Bonchev–Trinajstić information content (AvgIpc) is 3.16. The normalized spacial score (nSPS) is 16.3. The second-order valence-corrected chi connectivity index (χ2v) is 10.5. The number of sulfonamides is 1. The van der Waals surface area contributed by atoms with Gasteiger partial charge < -0.3 is 20.7 Å². The number of benzene rings is 1. The molecule has 13 heteroatoms. The number of hydrogen-bond donors (Lipinski definition) is 3. The smallest absolute Gasteiger partial charge is 0.335 e. The quantitative estimate of drug-likeness (QED) is 0.293. The number of nitrogens with two attached hydrogens (primary N) is 1. The highest BCUT2D eigenvalue weighted by molar-refractivity contribution is 9.10. The van der Waals surface area contributed by atoms with Crippen molar-refractivity contribution in [3.05, 3.63) is 70.5 Å². The monoisotopic (exact) mass is 561 g/mol. The van der Waals surface area contributed by atoms with Crippen molar-refractivity contribution in [2.24, 2.45) is 5.73 Å². The van der Waals surface area contributed by atoms with Crippen LogP contribution in [0.2, 0.25) is 0 Å². The zero-order chi connectivity index (χ0) is 25.3. The van der Waals surface area contributed by atoms with Gasteiger partial charge in [0.2, 0.25) is 15.9 Å². The summed E-state index contributed by atoms with van der Waals surface area (Å²) in [5.41, 5.74) is 5.68. The van der Waals surface area contributed by atoms with Crippen molar-refractivity contribution in [3.63, 3.8) is 0 Å². The number of aromatic nitrogens is 2. The molecule has 0 bridgehead atoms. The van der Waals surface area contributed by atoms with Crippen molar-refractivity contribution in [1.82, 2.24) is 13.9 Å². The number of halogens is 1. The van der Waals surface area contributed by atoms with E-state index < -0.39 is 39.7 Å². The summed E-state index contributed by atoms with van der Waals surface area (Å²) >= 11 is 3.22. The first kappa shape index (κ1) is 24.6. The Bertz CT molecular complexity index is 1480. The summed E-state index contributed by atoms with van der Waals surface area (Å²) in [7, 11) is -4.08. The maximum atomic E-state index is 13.4. The number of primary amides is 1. The molecule has 11 nitrogen and oxygen atoms in total. The summed E-state index contributed by atoms with van der Waals surface area (Å²) in [6, 6.07) is 7.95. The maximum absolute atomic E-state index is 13.4. The molecular weight excluding hydrogens is 542 g/mol. The van der Waals surface area contributed by atoms with Crippen molar-refractivity contribution in [2.75, 3.05) is 11.9 Å². The Hall–Kier alpha value is -3.55. The van der Waals surface area contributed by atoms with Crippen LogP contribution < -0.4 is 11.1 Å². The maximum Gasteiger partial charge on any atom is 0.335 e. The molecule has 4 rings (SSSR count). The van der Waals surface area contributed by atoms with Crippen LogP contribution in [0.25, 0.3) is 10.9 Å². The lowest BCUT2D eigenvalue weighted by atomic mass is 10.1. The van der Waals surface area contributed by atoms with Gasteiger partial charge in [-0.05, 0) is 52.7 Å². The van der Waals surface area contributed by atoms with E-state index >= 15 is 0 Å². The number of amides is 2. The molecule has 2 amide bonds. The van der Waals surface area contributed by atoms with E-state index in [1.165, 1.54) is 29.0 Å². The lowest BCUT2D eigenvalue weighted by Crippen LogP contribution is -2.49. The van der Waals surface area contributed by atoms with Gasteiger partial charge in [-0.25, -0.2) is 18.2 Å². The molecule has 3 aromatic rings. The van der Waals surface area contributed by atoms with Crippen LogP contribution in [0.3, 0.4) is 0 Å². The van der Waals surface area contributed by atoms with Crippen LogP contribution in [-0.4, -0.2) is 57.8 Å². The molecule has 3 heterocycles. The third-order valence-corrected chi connectivity index (χ3v) is 7.65. The summed E-state index contributed by atoms with van der Waals surface area (Å²) < 4.78 is 29.8. The standard InChI is InChI=1S/C22H20BrN5O6S/c23-18-5-3-6-19(25-18)26-21(30)17-4-1-2-9-28(17)35(33,34)12-27-11-15(20(24)29)14-10-13(22(31)32)7-8-16(14)27/h1-3,5-8,10-11,17H,4,9,12H2,(H2,24,29)(H,31,32)(H,25,26,30)/t17-/m0/s1. The molecule has 1 aliphatic heterocycles. The fraction of sp³-hybridized carbons (Fsp3) is 0.182. The molecule has 0 saturated carbocycles. The minimum atomic E-state index is -4.08. The van der Waals surface area contributed by atoms with E-state index in [1.54, 1.807) is 30.4 Å². The number of carboxylic acid groups (broad SMARTS) is 1.